The maximum atomic E-state index is 11.2. The summed E-state index contributed by atoms with van der Waals surface area (Å²) in [5.74, 6) is 0.322. The van der Waals surface area contributed by atoms with Gasteiger partial charge in [0.05, 0.1) is 11.9 Å². The van der Waals surface area contributed by atoms with E-state index in [0.717, 1.165) is 0 Å². The van der Waals surface area contributed by atoms with Crippen LogP contribution in [0.25, 0.3) is 0 Å². The quantitative estimate of drug-likeness (QED) is 0.730. The fourth-order valence-electron chi connectivity index (χ4n) is 1.40. The molecule has 6 heteroatoms. The molecule has 1 unspecified atom stereocenters. The van der Waals surface area contributed by atoms with Crippen LogP contribution in [0.1, 0.15) is 20.3 Å². The summed E-state index contributed by atoms with van der Waals surface area (Å²) in [5, 5.41) is 18.1. The Hall–Kier alpha value is -1.07. The third-order valence-electron chi connectivity index (χ3n) is 2.38. The van der Waals surface area contributed by atoms with Gasteiger partial charge >= 0.3 is 0 Å². The number of halogens is 1. The van der Waals surface area contributed by atoms with E-state index >= 15 is 0 Å². The van der Waals surface area contributed by atoms with Crippen molar-refractivity contribution in [2.45, 2.75) is 26.3 Å². The van der Waals surface area contributed by atoms with Gasteiger partial charge in [-0.15, -0.1) is 0 Å². The van der Waals surface area contributed by atoms with Crippen LogP contribution < -0.4 is 10.9 Å². The zero-order valence-corrected chi connectivity index (χ0v) is 10.1. The number of aromatic amines is 1. The summed E-state index contributed by atoms with van der Waals surface area (Å²) >= 11 is 5.83. The van der Waals surface area contributed by atoms with E-state index in [1.807, 2.05) is 13.8 Å². The van der Waals surface area contributed by atoms with E-state index in [0.29, 0.717) is 18.0 Å². The normalized spacial score (nSPS) is 12.8. The van der Waals surface area contributed by atoms with Crippen molar-refractivity contribution in [3.05, 3.63) is 21.6 Å². The fraction of sp³-hybridized carbons (Fsp3) is 0.600. The lowest BCUT2D eigenvalue weighted by molar-refractivity contribution is 0.267. The van der Waals surface area contributed by atoms with Gasteiger partial charge in [-0.05, 0) is 12.3 Å². The van der Waals surface area contributed by atoms with Crippen LogP contribution in [-0.4, -0.2) is 28.0 Å². The highest BCUT2D eigenvalue weighted by atomic mass is 35.5. The second-order valence-corrected chi connectivity index (χ2v) is 4.31. The zero-order valence-electron chi connectivity index (χ0n) is 9.33. The lowest BCUT2D eigenvalue weighted by Crippen LogP contribution is -2.28. The topological polar surface area (TPSA) is 78.0 Å². The van der Waals surface area contributed by atoms with E-state index < -0.39 is 5.56 Å². The van der Waals surface area contributed by atoms with Gasteiger partial charge in [-0.1, -0.05) is 25.4 Å². The average molecular weight is 246 g/mol. The first kappa shape index (κ1) is 13.0. The van der Waals surface area contributed by atoms with Crippen molar-refractivity contribution in [2.24, 2.45) is 5.92 Å². The molecule has 1 atom stereocenters. The van der Waals surface area contributed by atoms with Crippen molar-refractivity contribution in [1.82, 2.24) is 10.2 Å². The van der Waals surface area contributed by atoms with Crippen LogP contribution in [0.3, 0.4) is 0 Å². The first-order valence-corrected chi connectivity index (χ1v) is 5.54. The molecular weight excluding hydrogens is 230 g/mol. The van der Waals surface area contributed by atoms with Crippen LogP contribution in [0.15, 0.2) is 11.0 Å². The molecule has 16 heavy (non-hydrogen) atoms. The highest BCUT2D eigenvalue weighted by Crippen LogP contribution is 2.19. The van der Waals surface area contributed by atoms with Gasteiger partial charge in [0.15, 0.2) is 0 Å². The SMILES string of the molecule is CC(C)C(CCO)Nc1cn[nH]c(=O)c1Cl. The summed E-state index contributed by atoms with van der Waals surface area (Å²) < 4.78 is 0. The summed E-state index contributed by atoms with van der Waals surface area (Å²) in [7, 11) is 0. The maximum absolute atomic E-state index is 11.2. The number of H-pyrrole nitrogens is 1. The Morgan fingerprint density at radius 3 is 2.88 bits per heavy atom. The van der Waals surface area contributed by atoms with Crippen LogP contribution in [-0.2, 0) is 0 Å². The van der Waals surface area contributed by atoms with Gasteiger partial charge in [0.1, 0.15) is 5.02 Å². The molecule has 1 heterocycles. The number of nitrogens with zero attached hydrogens (tertiary/aromatic N) is 1. The van der Waals surface area contributed by atoms with Gasteiger partial charge < -0.3 is 10.4 Å². The predicted octanol–water partition coefficient (Wildman–Crippen LogP) is 1.24. The first-order valence-electron chi connectivity index (χ1n) is 5.16. The van der Waals surface area contributed by atoms with Crippen molar-refractivity contribution in [2.75, 3.05) is 11.9 Å². The van der Waals surface area contributed by atoms with Crippen molar-refractivity contribution >= 4 is 17.3 Å². The molecule has 1 aromatic rings. The second-order valence-electron chi connectivity index (χ2n) is 3.93. The molecule has 0 aromatic carbocycles. The molecule has 0 aliphatic rings. The Morgan fingerprint density at radius 1 is 1.62 bits per heavy atom. The van der Waals surface area contributed by atoms with Crippen molar-refractivity contribution in [3.8, 4) is 0 Å². The molecule has 0 aliphatic heterocycles. The number of aromatic nitrogens is 2. The smallest absolute Gasteiger partial charge is 0.285 e. The molecule has 1 aromatic heterocycles. The van der Waals surface area contributed by atoms with Gasteiger partial charge in [-0.25, -0.2) is 5.10 Å². The van der Waals surface area contributed by atoms with Crippen LogP contribution >= 0.6 is 11.6 Å². The predicted molar refractivity (Wildman–Crippen MR) is 63.8 cm³/mol. The number of rotatable bonds is 5. The third-order valence-corrected chi connectivity index (χ3v) is 2.76. The van der Waals surface area contributed by atoms with Gasteiger partial charge in [-0.2, -0.15) is 5.10 Å². The summed E-state index contributed by atoms with van der Waals surface area (Å²) in [6.07, 6.45) is 2.07. The van der Waals surface area contributed by atoms with Gasteiger partial charge in [0.25, 0.3) is 5.56 Å². The van der Waals surface area contributed by atoms with Crippen LogP contribution in [0.4, 0.5) is 5.69 Å². The van der Waals surface area contributed by atoms with Gasteiger partial charge in [0, 0.05) is 12.6 Å². The lowest BCUT2D eigenvalue weighted by atomic mass is 10.0. The van der Waals surface area contributed by atoms with Crippen LogP contribution in [0, 0.1) is 5.92 Å². The summed E-state index contributed by atoms with van der Waals surface area (Å²) in [6, 6.07) is 0.0612. The van der Waals surface area contributed by atoms with E-state index in [1.165, 1.54) is 6.20 Å². The summed E-state index contributed by atoms with van der Waals surface area (Å²) in [4.78, 5) is 11.2. The summed E-state index contributed by atoms with van der Waals surface area (Å²) in [5.41, 5.74) is 0.0794. The zero-order chi connectivity index (χ0) is 12.1. The molecule has 0 spiro atoms. The molecule has 0 fully saturated rings. The highest BCUT2D eigenvalue weighted by Gasteiger charge is 2.15. The Kier molecular flexibility index (Phi) is 4.76. The molecule has 0 saturated carbocycles. The molecule has 0 bridgehead atoms. The van der Waals surface area contributed by atoms with Gasteiger partial charge in [0.2, 0.25) is 0 Å². The minimum atomic E-state index is -0.418. The number of aliphatic hydroxyl groups is 1. The molecule has 0 aliphatic carbocycles. The Bertz CT molecular complexity index is 392. The van der Waals surface area contributed by atoms with E-state index in [1.54, 1.807) is 0 Å². The first-order chi connectivity index (χ1) is 7.56. The van der Waals surface area contributed by atoms with Crippen LogP contribution in [0.5, 0.6) is 0 Å². The van der Waals surface area contributed by atoms with E-state index in [4.69, 9.17) is 16.7 Å². The molecule has 0 saturated heterocycles. The lowest BCUT2D eigenvalue weighted by Gasteiger charge is -2.22. The highest BCUT2D eigenvalue weighted by molar-refractivity contribution is 6.32. The molecule has 0 radical (unpaired) electrons. The van der Waals surface area contributed by atoms with E-state index in [2.05, 4.69) is 15.5 Å². The third kappa shape index (κ3) is 3.21. The van der Waals surface area contributed by atoms with Gasteiger partial charge in [-0.3, -0.25) is 4.79 Å². The monoisotopic (exact) mass is 245 g/mol. The van der Waals surface area contributed by atoms with Crippen molar-refractivity contribution < 1.29 is 5.11 Å². The minimum absolute atomic E-state index is 0.0612. The maximum Gasteiger partial charge on any atom is 0.285 e. The Balaban J connectivity index is 2.85. The molecular formula is C10H16ClN3O2. The standard InChI is InChI=1S/C10H16ClN3O2/c1-6(2)7(3-4-15)13-8-5-12-14-10(16)9(8)11/h5-7,15H,3-4H2,1-2H3,(H2,13,14,16). The number of nitrogens with one attached hydrogen (secondary N) is 2. The number of hydrogen-bond donors (Lipinski definition) is 3. The fourth-order valence-corrected chi connectivity index (χ4v) is 1.54. The van der Waals surface area contributed by atoms with E-state index in [-0.39, 0.29) is 17.7 Å². The average Bonchev–Trinajstić information content (AvgIpc) is 2.23. The van der Waals surface area contributed by atoms with Crippen molar-refractivity contribution in [1.29, 1.82) is 0 Å². The molecule has 0 amide bonds. The molecule has 1 rings (SSSR count). The Labute approximate surface area is 98.8 Å². The number of hydrogen-bond acceptors (Lipinski definition) is 4. The minimum Gasteiger partial charge on any atom is -0.396 e. The molecule has 90 valence electrons. The molecule has 3 N–H and O–H groups in total. The Morgan fingerprint density at radius 2 is 2.31 bits per heavy atom. The second kappa shape index (κ2) is 5.86. The summed E-state index contributed by atoms with van der Waals surface area (Å²) in [6.45, 7) is 4.15. The van der Waals surface area contributed by atoms with Crippen LogP contribution in [0.2, 0.25) is 5.02 Å². The molecule has 5 nitrogen and oxygen atoms in total. The number of aliphatic hydroxyl groups excluding tert-OH is 1. The van der Waals surface area contributed by atoms with Crippen molar-refractivity contribution in [3.63, 3.8) is 0 Å². The number of anilines is 1. The largest absolute Gasteiger partial charge is 0.396 e. The van der Waals surface area contributed by atoms with E-state index in [9.17, 15) is 4.79 Å².